The van der Waals surface area contributed by atoms with Gasteiger partial charge in [-0.15, -0.1) is 5.10 Å². The fourth-order valence-corrected chi connectivity index (χ4v) is 1.97. The second-order valence-corrected chi connectivity index (χ2v) is 5.94. The Morgan fingerprint density at radius 2 is 1.86 bits per heavy atom. The summed E-state index contributed by atoms with van der Waals surface area (Å²) in [5, 5.41) is 11.7. The SMILES string of the molecule is CC(C)(C)n1cc(CNc2ccc3nccnc3c2)nn1. The van der Waals surface area contributed by atoms with E-state index in [-0.39, 0.29) is 5.54 Å². The van der Waals surface area contributed by atoms with E-state index in [9.17, 15) is 0 Å². The summed E-state index contributed by atoms with van der Waals surface area (Å²) in [6, 6.07) is 5.93. The molecule has 0 amide bonds. The van der Waals surface area contributed by atoms with Crippen LogP contribution in [0.4, 0.5) is 5.69 Å². The molecule has 0 atom stereocenters. The Balaban J connectivity index is 1.73. The van der Waals surface area contributed by atoms with Gasteiger partial charge in [0.2, 0.25) is 0 Å². The van der Waals surface area contributed by atoms with Gasteiger partial charge in [-0.1, -0.05) is 5.21 Å². The molecule has 6 nitrogen and oxygen atoms in total. The van der Waals surface area contributed by atoms with Crippen molar-refractivity contribution in [3.63, 3.8) is 0 Å². The Labute approximate surface area is 123 Å². The topological polar surface area (TPSA) is 68.5 Å². The van der Waals surface area contributed by atoms with E-state index in [1.165, 1.54) is 0 Å². The first-order chi connectivity index (χ1) is 10.0. The molecular weight excluding hydrogens is 264 g/mol. The van der Waals surface area contributed by atoms with E-state index in [4.69, 9.17) is 0 Å². The van der Waals surface area contributed by atoms with Crippen LogP contribution in [-0.4, -0.2) is 25.0 Å². The smallest absolute Gasteiger partial charge is 0.102 e. The van der Waals surface area contributed by atoms with Crippen molar-refractivity contribution in [2.24, 2.45) is 0 Å². The van der Waals surface area contributed by atoms with Crippen LogP contribution in [0.15, 0.2) is 36.8 Å². The normalized spacial score (nSPS) is 11.8. The summed E-state index contributed by atoms with van der Waals surface area (Å²) in [5.41, 5.74) is 3.61. The number of benzene rings is 1. The van der Waals surface area contributed by atoms with Crippen LogP contribution in [0.3, 0.4) is 0 Å². The van der Waals surface area contributed by atoms with Gasteiger partial charge in [0, 0.05) is 18.1 Å². The third kappa shape index (κ3) is 2.99. The summed E-state index contributed by atoms with van der Waals surface area (Å²) >= 11 is 0. The molecule has 3 aromatic rings. The van der Waals surface area contributed by atoms with Crippen LogP contribution in [0.1, 0.15) is 26.5 Å². The van der Waals surface area contributed by atoms with Crippen LogP contribution in [0.25, 0.3) is 11.0 Å². The number of anilines is 1. The minimum absolute atomic E-state index is 0.0518. The first-order valence-corrected chi connectivity index (χ1v) is 6.89. The molecule has 0 saturated carbocycles. The van der Waals surface area contributed by atoms with Crippen molar-refractivity contribution in [2.75, 3.05) is 5.32 Å². The molecule has 0 bridgehead atoms. The molecule has 0 radical (unpaired) electrons. The van der Waals surface area contributed by atoms with Gasteiger partial charge in [0.05, 0.1) is 29.3 Å². The highest BCUT2D eigenvalue weighted by Gasteiger charge is 2.14. The average Bonchev–Trinajstić information content (AvgIpc) is 2.94. The molecule has 108 valence electrons. The molecule has 3 rings (SSSR count). The average molecular weight is 282 g/mol. The maximum Gasteiger partial charge on any atom is 0.102 e. The monoisotopic (exact) mass is 282 g/mol. The molecule has 0 fully saturated rings. The first kappa shape index (κ1) is 13.5. The van der Waals surface area contributed by atoms with Gasteiger partial charge in [-0.05, 0) is 39.0 Å². The molecule has 0 aliphatic carbocycles. The largest absolute Gasteiger partial charge is 0.379 e. The van der Waals surface area contributed by atoms with E-state index in [1.54, 1.807) is 12.4 Å². The first-order valence-electron chi connectivity index (χ1n) is 6.89. The molecule has 0 aliphatic heterocycles. The van der Waals surface area contributed by atoms with Gasteiger partial charge >= 0.3 is 0 Å². The zero-order chi connectivity index (χ0) is 14.9. The lowest BCUT2D eigenvalue weighted by molar-refractivity contribution is 0.347. The highest BCUT2D eigenvalue weighted by molar-refractivity contribution is 5.78. The molecule has 0 aliphatic rings. The lowest BCUT2D eigenvalue weighted by Crippen LogP contribution is -2.22. The third-order valence-corrected chi connectivity index (χ3v) is 3.17. The number of nitrogens with one attached hydrogen (secondary N) is 1. The number of rotatable bonds is 3. The molecule has 2 aromatic heterocycles. The lowest BCUT2D eigenvalue weighted by Gasteiger charge is -2.17. The lowest BCUT2D eigenvalue weighted by atomic mass is 10.1. The van der Waals surface area contributed by atoms with Crippen molar-refractivity contribution < 1.29 is 0 Å². The minimum atomic E-state index is -0.0518. The fraction of sp³-hybridized carbons (Fsp3) is 0.333. The Morgan fingerprint density at radius 1 is 1.10 bits per heavy atom. The van der Waals surface area contributed by atoms with Crippen molar-refractivity contribution in [2.45, 2.75) is 32.9 Å². The molecule has 6 heteroatoms. The maximum absolute atomic E-state index is 4.30. The number of hydrogen-bond donors (Lipinski definition) is 1. The number of aromatic nitrogens is 5. The molecule has 0 spiro atoms. The third-order valence-electron chi connectivity index (χ3n) is 3.17. The van der Waals surface area contributed by atoms with Crippen molar-refractivity contribution >= 4 is 16.7 Å². The molecule has 2 heterocycles. The summed E-state index contributed by atoms with van der Waals surface area (Å²) in [7, 11) is 0. The van der Waals surface area contributed by atoms with E-state index < -0.39 is 0 Å². The molecule has 1 N–H and O–H groups in total. The standard InChI is InChI=1S/C15H18N6/c1-15(2,3)21-10-12(19-20-21)9-18-11-4-5-13-14(8-11)17-7-6-16-13/h4-8,10,18H,9H2,1-3H3. The summed E-state index contributed by atoms with van der Waals surface area (Å²) in [6.45, 7) is 6.92. The Hall–Kier alpha value is -2.50. The second kappa shape index (κ2) is 5.12. The van der Waals surface area contributed by atoms with Gasteiger partial charge in [0.25, 0.3) is 0 Å². The van der Waals surface area contributed by atoms with Gasteiger partial charge in [0.15, 0.2) is 0 Å². The summed E-state index contributed by atoms with van der Waals surface area (Å²) < 4.78 is 1.87. The predicted octanol–water partition coefficient (Wildman–Crippen LogP) is 2.59. The summed E-state index contributed by atoms with van der Waals surface area (Å²) in [6.07, 6.45) is 5.36. The van der Waals surface area contributed by atoms with Crippen molar-refractivity contribution in [1.82, 2.24) is 25.0 Å². The van der Waals surface area contributed by atoms with Crippen LogP contribution in [0.5, 0.6) is 0 Å². The molecule has 0 saturated heterocycles. The predicted molar refractivity (Wildman–Crippen MR) is 81.9 cm³/mol. The van der Waals surface area contributed by atoms with Crippen LogP contribution < -0.4 is 5.32 Å². The van der Waals surface area contributed by atoms with E-state index >= 15 is 0 Å². The van der Waals surface area contributed by atoms with Gasteiger partial charge in [0.1, 0.15) is 5.69 Å². The Morgan fingerprint density at radius 3 is 2.57 bits per heavy atom. The van der Waals surface area contributed by atoms with E-state index in [1.807, 2.05) is 29.1 Å². The molecule has 0 unspecified atom stereocenters. The Kier molecular flexibility index (Phi) is 3.29. The van der Waals surface area contributed by atoms with Crippen molar-refractivity contribution in [3.05, 3.63) is 42.5 Å². The minimum Gasteiger partial charge on any atom is -0.379 e. The number of fused-ring (bicyclic) bond motifs is 1. The molecule has 1 aromatic carbocycles. The van der Waals surface area contributed by atoms with Gasteiger partial charge < -0.3 is 5.32 Å². The highest BCUT2D eigenvalue weighted by atomic mass is 15.4. The van der Waals surface area contributed by atoms with Crippen LogP contribution in [0, 0.1) is 0 Å². The van der Waals surface area contributed by atoms with Gasteiger partial charge in [-0.25, -0.2) is 4.68 Å². The fourth-order valence-electron chi connectivity index (χ4n) is 1.97. The molecular formula is C15H18N6. The zero-order valence-corrected chi connectivity index (χ0v) is 12.4. The van der Waals surface area contributed by atoms with Crippen LogP contribution in [0.2, 0.25) is 0 Å². The summed E-state index contributed by atoms with van der Waals surface area (Å²) in [5.74, 6) is 0. The second-order valence-electron chi connectivity index (χ2n) is 5.94. The van der Waals surface area contributed by atoms with Crippen LogP contribution >= 0.6 is 0 Å². The van der Waals surface area contributed by atoms with E-state index in [2.05, 4.69) is 46.4 Å². The number of hydrogen-bond acceptors (Lipinski definition) is 5. The summed E-state index contributed by atoms with van der Waals surface area (Å²) in [4.78, 5) is 8.55. The van der Waals surface area contributed by atoms with E-state index in [0.29, 0.717) is 6.54 Å². The van der Waals surface area contributed by atoms with Gasteiger partial charge in [-0.3, -0.25) is 9.97 Å². The van der Waals surface area contributed by atoms with Crippen molar-refractivity contribution in [3.8, 4) is 0 Å². The van der Waals surface area contributed by atoms with E-state index in [0.717, 1.165) is 22.4 Å². The highest BCUT2D eigenvalue weighted by Crippen LogP contribution is 2.16. The van der Waals surface area contributed by atoms with Crippen LogP contribution in [-0.2, 0) is 12.1 Å². The Bertz CT molecular complexity index is 756. The quantitative estimate of drug-likeness (QED) is 0.799. The zero-order valence-electron chi connectivity index (χ0n) is 12.4. The number of nitrogens with zero attached hydrogens (tertiary/aromatic N) is 5. The van der Waals surface area contributed by atoms with Gasteiger partial charge in [-0.2, -0.15) is 0 Å². The maximum atomic E-state index is 4.30. The van der Waals surface area contributed by atoms with Crippen molar-refractivity contribution in [1.29, 1.82) is 0 Å². The molecule has 21 heavy (non-hydrogen) atoms.